The Kier molecular flexibility index (Phi) is 3.60. The summed E-state index contributed by atoms with van der Waals surface area (Å²) in [5.41, 5.74) is 0. The fraction of sp³-hybridized carbons (Fsp3) is 0.462. The van der Waals surface area contributed by atoms with Gasteiger partial charge in [-0.2, -0.15) is 4.31 Å². The van der Waals surface area contributed by atoms with Gasteiger partial charge in [0.05, 0.1) is 16.9 Å². The predicted octanol–water partition coefficient (Wildman–Crippen LogP) is 1.35. The largest absolute Gasteiger partial charge is 0.354 e. The summed E-state index contributed by atoms with van der Waals surface area (Å²) in [4.78, 5) is 12.0. The van der Waals surface area contributed by atoms with E-state index in [1.807, 2.05) is 0 Å². The van der Waals surface area contributed by atoms with Crippen molar-refractivity contribution >= 4 is 31.9 Å². The number of hydrogen-bond acceptors (Lipinski definition) is 3. The summed E-state index contributed by atoms with van der Waals surface area (Å²) < 4.78 is 27.8. The van der Waals surface area contributed by atoms with Gasteiger partial charge in [0.1, 0.15) is 0 Å². The Bertz CT molecular complexity index is 630. The number of nitrogens with one attached hydrogen (secondary N) is 1. The highest BCUT2D eigenvalue weighted by Crippen LogP contribution is 2.32. The van der Waals surface area contributed by atoms with Crippen LogP contribution in [0.25, 0.3) is 0 Å². The number of hydrogen-bond donors (Lipinski definition) is 1. The number of piperidine rings is 1. The second-order valence-corrected chi connectivity index (χ2v) is 7.94. The van der Waals surface area contributed by atoms with E-state index >= 15 is 0 Å². The van der Waals surface area contributed by atoms with Gasteiger partial charge in [0.2, 0.25) is 15.9 Å². The summed E-state index contributed by atoms with van der Waals surface area (Å²) in [6.07, 6.45) is 1.49. The van der Waals surface area contributed by atoms with Crippen LogP contribution in [0.4, 0.5) is 0 Å². The fourth-order valence-corrected chi connectivity index (χ4v) is 4.92. The van der Waals surface area contributed by atoms with Gasteiger partial charge in [-0.15, -0.1) is 0 Å². The third kappa shape index (κ3) is 2.27. The predicted molar refractivity (Wildman–Crippen MR) is 77.6 cm³/mol. The molecule has 0 aliphatic carbocycles. The van der Waals surface area contributed by atoms with E-state index in [-0.39, 0.29) is 22.8 Å². The molecule has 0 radical (unpaired) electrons. The van der Waals surface area contributed by atoms with Crippen molar-refractivity contribution < 1.29 is 13.2 Å². The van der Waals surface area contributed by atoms with E-state index in [1.165, 1.54) is 4.31 Å². The SMILES string of the molecule is O=C1NCC2C1CCCN2S(=O)(=O)c1ccc(Br)cc1. The molecule has 2 saturated heterocycles. The van der Waals surface area contributed by atoms with E-state index in [0.717, 1.165) is 17.3 Å². The monoisotopic (exact) mass is 358 g/mol. The maximum Gasteiger partial charge on any atom is 0.243 e. The van der Waals surface area contributed by atoms with Gasteiger partial charge < -0.3 is 5.32 Å². The maximum atomic E-state index is 12.7. The molecule has 0 saturated carbocycles. The quantitative estimate of drug-likeness (QED) is 0.867. The van der Waals surface area contributed by atoms with E-state index in [1.54, 1.807) is 24.3 Å². The van der Waals surface area contributed by atoms with Gasteiger partial charge in [-0.3, -0.25) is 4.79 Å². The topological polar surface area (TPSA) is 66.5 Å². The lowest BCUT2D eigenvalue weighted by Gasteiger charge is -2.34. The first-order valence-electron chi connectivity index (χ1n) is 6.55. The maximum absolute atomic E-state index is 12.7. The van der Waals surface area contributed by atoms with Crippen molar-refractivity contribution in [3.8, 4) is 0 Å². The average Bonchev–Trinajstić information content (AvgIpc) is 2.81. The molecular formula is C13H15BrN2O3S. The van der Waals surface area contributed by atoms with Crippen LogP contribution in [0.3, 0.4) is 0 Å². The van der Waals surface area contributed by atoms with Crippen LogP contribution in [0.1, 0.15) is 12.8 Å². The smallest absolute Gasteiger partial charge is 0.243 e. The molecule has 2 fully saturated rings. The lowest BCUT2D eigenvalue weighted by Crippen LogP contribution is -2.48. The Morgan fingerprint density at radius 3 is 2.65 bits per heavy atom. The number of carbonyl (C=O) groups is 1. The number of sulfonamides is 1. The Hall–Kier alpha value is -0.920. The molecule has 7 heteroatoms. The Labute approximate surface area is 126 Å². The first kappa shape index (κ1) is 14.0. The normalized spacial score (nSPS) is 27.1. The Morgan fingerprint density at radius 2 is 1.95 bits per heavy atom. The van der Waals surface area contributed by atoms with E-state index in [4.69, 9.17) is 0 Å². The van der Waals surface area contributed by atoms with Gasteiger partial charge in [0.15, 0.2) is 0 Å². The number of nitrogens with zero attached hydrogens (tertiary/aromatic N) is 1. The summed E-state index contributed by atoms with van der Waals surface area (Å²) in [7, 11) is -3.54. The molecule has 1 aromatic carbocycles. The van der Waals surface area contributed by atoms with E-state index in [2.05, 4.69) is 21.2 Å². The first-order chi connectivity index (χ1) is 9.50. The number of halogens is 1. The van der Waals surface area contributed by atoms with E-state index in [0.29, 0.717) is 13.1 Å². The van der Waals surface area contributed by atoms with Crippen LogP contribution in [0, 0.1) is 5.92 Å². The van der Waals surface area contributed by atoms with Crippen molar-refractivity contribution in [2.45, 2.75) is 23.8 Å². The molecule has 5 nitrogen and oxygen atoms in total. The minimum atomic E-state index is -3.54. The van der Waals surface area contributed by atoms with Crippen LogP contribution in [0.2, 0.25) is 0 Å². The molecule has 20 heavy (non-hydrogen) atoms. The van der Waals surface area contributed by atoms with Crippen LogP contribution in [-0.2, 0) is 14.8 Å². The summed E-state index contributed by atoms with van der Waals surface area (Å²) >= 11 is 3.30. The highest BCUT2D eigenvalue weighted by atomic mass is 79.9. The molecule has 2 aliphatic rings. The van der Waals surface area contributed by atoms with Crippen molar-refractivity contribution in [1.82, 2.24) is 9.62 Å². The lowest BCUT2D eigenvalue weighted by molar-refractivity contribution is -0.123. The zero-order valence-electron chi connectivity index (χ0n) is 10.8. The second kappa shape index (κ2) is 5.13. The van der Waals surface area contributed by atoms with Crippen molar-refractivity contribution in [1.29, 1.82) is 0 Å². The van der Waals surface area contributed by atoms with Crippen LogP contribution in [0.5, 0.6) is 0 Å². The standard InChI is InChI=1S/C13H15BrN2O3S/c14-9-3-5-10(6-4-9)20(18,19)16-7-1-2-11-12(16)8-15-13(11)17/h3-6,11-12H,1-2,7-8H2,(H,15,17). The van der Waals surface area contributed by atoms with Crippen LogP contribution in [0.15, 0.2) is 33.6 Å². The van der Waals surface area contributed by atoms with Gasteiger partial charge in [0, 0.05) is 17.6 Å². The van der Waals surface area contributed by atoms with Crippen molar-refractivity contribution in [3.63, 3.8) is 0 Å². The first-order valence-corrected chi connectivity index (χ1v) is 8.78. The molecule has 1 aromatic rings. The zero-order valence-corrected chi connectivity index (χ0v) is 13.2. The molecule has 3 rings (SSSR count). The van der Waals surface area contributed by atoms with Crippen LogP contribution < -0.4 is 5.32 Å². The van der Waals surface area contributed by atoms with Gasteiger partial charge in [-0.25, -0.2) is 8.42 Å². The van der Waals surface area contributed by atoms with E-state index in [9.17, 15) is 13.2 Å². The molecule has 2 unspecified atom stereocenters. The summed E-state index contributed by atoms with van der Waals surface area (Å²) in [6, 6.07) is 6.36. The molecule has 2 aliphatic heterocycles. The van der Waals surface area contributed by atoms with Crippen LogP contribution >= 0.6 is 15.9 Å². The zero-order chi connectivity index (χ0) is 14.3. The van der Waals surface area contributed by atoms with Crippen LogP contribution in [-0.4, -0.2) is 37.8 Å². The molecule has 0 bridgehead atoms. The highest BCUT2D eigenvalue weighted by molar-refractivity contribution is 9.10. The summed E-state index contributed by atoms with van der Waals surface area (Å²) in [5.74, 6) is -0.223. The molecule has 108 valence electrons. The molecule has 1 amide bonds. The van der Waals surface area contributed by atoms with Gasteiger partial charge >= 0.3 is 0 Å². The van der Waals surface area contributed by atoms with Crippen molar-refractivity contribution in [3.05, 3.63) is 28.7 Å². The van der Waals surface area contributed by atoms with Gasteiger partial charge in [-0.05, 0) is 37.1 Å². The number of amides is 1. The average molecular weight is 359 g/mol. The van der Waals surface area contributed by atoms with Gasteiger partial charge in [0.25, 0.3) is 0 Å². The number of rotatable bonds is 2. The number of carbonyl (C=O) groups excluding carboxylic acids is 1. The molecule has 2 atom stereocenters. The summed E-state index contributed by atoms with van der Waals surface area (Å²) in [6.45, 7) is 0.897. The minimum Gasteiger partial charge on any atom is -0.354 e. The molecule has 0 spiro atoms. The number of benzene rings is 1. The van der Waals surface area contributed by atoms with Gasteiger partial charge in [-0.1, -0.05) is 15.9 Å². The van der Waals surface area contributed by atoms with Crippen molar-refractivity contribution in [2.24, 2.45) is 5.92 Å². The minimum absolute atomic E-state index is 0.0225. The number of fused-ring (bicyclic) bond motifs is 1. The fourth-order valence-electron chi connectivity index (χ4n) is 2.95. The lowest BCUT2D eigenvalue weighted by atomic mass is 9.93. The van der Waals surface area contributed by atoms with E-state index < -0.39 is 10.0 Å². The summed E-state index contributed by atoms with van der Waals surface area (Å²) in [5, 5.41) is 2.77. The Morgan fingerprint density at radius 1 is 1.25 bits per heavy atom. The molecule has 1 N–H and O–H groups in total. The van der Waals surface area contributed by atoms with Crippen molar-refractivity contribution in [2.75, 3.05) is 13.1 Å². The molecule has 0 aromatic heterocycles. The molecule has 2 heterocycles. The second-order valence-electron chi connectivity index (χ2n) is 5.13. The Balaban J connectivity index is 1.94. The third-order valence-electron chi connectivity index (χ3n) is 3.97. The molecular weight excluding hydrogens is 344 g/mol. The third-order valence-corrected chi connectivity index (χ3v) is 6.44. The highest BCUT2D eigenvalue weighted by Gasteiger charge is 2.45.